The van der Waals surface area contributed by atoms with Crippen molar-refractivity contribution in [3.63, 3.8) is 0 Å². The van der Waals surface area contributed by atoms with Crippen LogP contribution in [0.3, 0.4) is 0 Å². The largest absolute Gasteiger partial charge is 0.488 e. The summed E-state index contributed by atoms with van der Waals surface area (Å²) in [5, 5.41) is 13.3. The van der Waals surface area contributed by atoms with E-state index in [-0.39, 0.29) is 19.8 Å². The highest BCUT2D eigenvalue weighted by molar-refractivity contribution is 6.37. The lowest BCUT2D eigenvalue weighted by molar-refractivity contribution is 0.0177. The summed E-state index contributed by atoms with van der Waals surface area (Å²) in [5.41, 5.74) is 0. The molecule has 8 heteroatoms. The average Bonchev–Trinajstić information content (AvgIpc) is 2.41. The van der Waals surface area contributed by atoms with Crippen molar-refractivity contribution in [2.75, 3.05) is 32.9 Å². The van der Waals surface area contributed by atoms with Crippen molar-refractivity contribution in [3.05, 3.63) is 28.2 Å². The maximum atomic E-state index is 11.8. The van der Waals surface area contributed by atoms with E-state index >= 15 is 0 Å². The molecule has 0 aliphatic carbocycles. The molecule has 1 atom stereocenters. The zero-order chi connectivity index (χ0) is 15.7. The Hall–Kier alpha value is -0.660. The summed E-state index contributed by atoms with van der Waals surface area (Å²) >= 11 is 11.8. The van der Waals surface area contributed by atoms with Crippen molar-refractivity contribution >= 4 is 23.2 Å². The van der Waals surface area contributed by atoms with Crippen LogP contribution < -0.4 is 10.1 Å². The zero-order valence-corrected chi connectivity index (χ0v) is 12.7. The van der Waals surface area contributed by atoms with E-state index in [1.54, 1.807) is 18.2 Å². The van der Waals surface area contributed by atoms with E-state index in [0.29, 0.717) is 22.3 Å². The van der Waals surface area contributed by atoms with Gasteiger partial charge in [0, 0.05) is 13.1 Å². The van der Waals surface area contributed by atoms with Gasteiger partial charge >= 0.3 is 0 Å². The summed E-state index contributed by atoms with van der Waals surface area (Å²) in [4.78, 5) is 0. The first-order valence-electron chi connectivity index (χ1n) is 6.32. The second-order valence-corrected chi connectivity index (χ2v) is 5.00. The Kier molecular flexibility index (Phi) is 8.87. The number of alkyl halides is 2. The van der Waals surface area contributed by atoms with Crippen molar-refractivity contribution in [1.82, 2.24) is 5.32 Å². The van der Waals surface area contributed by atoms with Gasteiger partial charge in [-0.25, -0.2) is 8.78 Å². The Labute approximate surface area is 131 Å². The van der Waals surface area contributed by atoms with Crippen LogP contribution in [0, 0.1) is 0 Å². The van der Waals surface area contributed by atoms with Crippen LogP contribution in [0.5, 0.6) is 5.75 Å². The Morgan fingerprint density at radius 1 is 1.19 bits per heavy atom. The molecular weight excluding hydrogens is 327 g/mol. The second-order valence-electron chi connectivity index (χ2n) is 4.19. The molecule has 0 aromatic heterocycles. The van der Waals surface area contributed by atoms with Gasteiger partial charge in [-0.1, -0.05) is 29.3 Å². The average molecular weight is 344 g/mol. The molecule has 1 aromatic rings. The maximum Gasteiger partial charge on any atom is 0.261 e. The Morgan fingerprint density at radius 2 is 1.86 bits per heavy atom. The molecule has 0 bridgehead atoms. The number of nitrogens with one attached hydrogen (secondary N) is 1. The molecule has 0 radical (unpaired) electrons. The minimum atomic E-state index is -2.47. The first-order chi connectivity index (χ1) is 10.0. The molecule has 0 heterocycles. The lowest BCUT2D eigenvalue weighted by Gasteiger charge is -2.15. The first-order valence-corrected chi connectivity index (χ1v) is 7.07. The summed E-state index contributed by atoms with van der Waals surface area (Å²) < 4.78 is 33.6. The third-order valence-electron chi connectivity index (χ3n) is 2.39. The fourth-order valence-corrected chi connectivity index (χ4v) is 1.95. The minimum absolute atomic E-state index is 0.00828. The molecule has 2 N–H and O–H groups in total. The maximum absolute atomic E-state index is 11.8. The number of rotatable bonds is 10. The fraction of sp³-hybridized carbons (Fsp3) is 0.538. The summed E-state index contributed by atoms with van der Waals surface area (Å²) in [6, 6.07) is 4.95. The highest BCUT2D eigenvalue weighted by Crippen LogP contribution is 2.32. The standard InChI is InChI=1S/C13H17Cl2F2NO3/c14-10-2-1-3-11(15)13(10)21-7-9(19)6-18-4-5-20-8-12(16)17/h1-3,9,12,18-19H,4-8H2. The smallest absolute Gasteiger partial charge is 0.261 e. The SMILES string of the molecule is OC(CNCCOCC(F)F)COc1c(Cl)cccc1Cl. The van der Waals surface area contributed by atoms with E-state index in [2.05, 4.69) is 10.1 Å². The lowest BCUT2D eigenvalue weighted by Crippen LogP contribution is -2.33. The molecule has 0 fully saturated rings. The topological polar surface area (TPSA) is 50.7 Å². The van der Waals surface area contributed by atoms with E-state index in [9.17, 15) is 13.9 Å². The van der Waals surface area contributed by atoms with Gasteiger partial charge < -0.3 is 19.9 Å². The van der Waals surface area contributed by atoms with Crippen LogP contribution in [-0.2, 0) is 4.74 Å². The van der Waals surface area contributed by atoms with Gasteiger partial charge in [-0.3, -0.25) is 0 Å². The van der Waals surface area contributed by atoms with E-state index in [4.69, 9.17) is 27.9 Å². The third-order valence-corrected chi connectivity index (χ3v) is 2.98. The van der Waals surface area contributed by atoms with Crippen LogP contribution in [0.25, 0.3) is 0 Å². The van der Waals surface area contributed by atoms with Crippen molar-refractivity contribution in [2.45, 2.75) is 12.5 Å². The van der Waals surface area contributed by atoms with Crippen LogP contribution in [0.1, 0.15) is 0 Å². The Balaban J connectivity index is 2.15. The third kappa shape index (κ3) is 7.78. The highest BCUT2D eigenvalue weighted by atomic mass is 35.5. The molecule has 0 saturated heterocycles. The summed E-state index contributed by atoms with van der Waals surface area (Å²) in [5.74, 6) is 0.320. The molecule has 0 aliphatic rings. The van der Waals surface area contributed by atoms with E-state index in [0.717, 1.165) is 0 Å². The van der Waals surface area contributed by atoms with Gasteiger partial charge in [0.25, 0.3) is 6.43 Å². The predicted molar refractivity (Wildman–Crippen MR) is 77.7 cm³/mol. The number of para-hydroxylation sites is 1. The molecule has 1 rings (SSSR count). The quantitative estimate of drug-likeness (QED) is 0.641. The van der Waals surface area contributed by atoms with Gasteiger partial charge in [-0.2, -0.15) is 0 Å². The Morgan fingerprint density at radius 3 is 2.48 bits per heavy atom. The summed E-state index contributed by atoms with van der Waals surface area (Å²) in [6.45, 7) is 0.164. The van der Waals surface area contributed by atoms with E-state index in [1.807, 2.05) is 0 Å². The van der Waals surface area contributed by atoms with Crippen LogP contribution in [0.2, 0.25) is 10.0 Å². The monoisotopic (exact) mass is 343 g/mol. The summed E-state index contributed by atoms with van der Waals surface area (Å²) in [7, 11) is 0. The molecule has 4 nitrogen and oxygen atoms in total. The fourth-order valence-electron chi connectivity index (χ4n) is 1.44. The molecular formula is C13H17Cl2F2NO3. The Bertz CT molecular complexity index is 404. The molecule has 0 spiro atoms. The number of halogens is 4. The van der Waals surface area contributed by atoms with Gasteiger partial charge in [-0.15, -0.1) is 0 Å². The van der Waals surface area contributed by atoms with Crippen molar-refractivity contribution in [1.29, 1.82) is 0 Å². The molecule has 1 aromatic carbocycles. The summed E-state index contributed by atoms with van der Waals surface area (Å²) in [6.07, 6.45) is -3.25. The lowest BCUT2D eigenvalue weighted by atomic mass is 10.3. The molecule has 1 unspecified atom stereocenters. The van der Waals surface area contributed by atoms with Gasteiger partial charge in [0.15, 0.2) is 5.75 Å². The number of hydrogen-bond acceptors (Lipinski definition) is 4. The number of aliphatic hydroxyl groups is 1. The molecule has 0 saturated carbocycles. The minimum Gasteiger partial charge on any atom is -0.488 e. The van der Waals surface area contributed by atoms with Crippen LogP contribution in [0.15, 0.2) is 18.2 Å². The van der Waals surface area contributed by atoms with Crippen LogP contribution in [0.4, 0.5) is 8.78 Å². The molecule has 0 amide bonds. The van der Waals surface area contributed by atoms with Gasteiger partial charge in [0.1, 0.15) is 19.3 Å². The van der Waals surface area contributed by atoms with Gasteiger partial charge in [-0.05, 0) is 12.1 Å². The second kappa shape index (κ2) is 10.1. The molecule has 0 aliphatic heterocycles. The van der Waals surface area contributed by atoms with Crippen LogP contribution in [-0.4, -0.2) is 50.5 Å². The van der Waals surface area contributed by atoms with Crippen LogP contribution >= 0.6 is 23.2 Å². The predicted octanol–water partition coefficient (Wildman–Crippen LogP) is 2.60. The number of hydrogen-bond donors (Lipinski definition) is 2. The van der Waals surface area contributed by atoms with Crippen molar-refractivity contribution in [2.24, 2.45) is 0 Å². The number of aliphatic hydroxyl groups excluding tert-OH is 1. The van der Waals surface area contributed by atoms with Gasteiger partial charge in [0.2, 0.25) is 0 Å². The van der Waals surface area contributed by atoms with Crippen molar-refractivity contribution < 1.29 is 23.4 Å². The van der Waals surface area contributed by atoms with Gasteiger partial charge in [0.05, 0.1) is 16.7 Å². The van der Waals surface area contributed by atoms with E-state index < -0.39 is 19.1 Å². The molecule has 21 heavy (non-hydrogen) atoms. The first kappa shape index (κ1) is 18.4. The number of benzene rings is 1. The van der Waals surface area contributed by atoms with E-state index in [1.165, 1.54) is 0 Å². The molecule has 120 valence electrons. The van der Waals surface area contributed by atoms with Crippen molar-refractivity contribution in [3.8, 4) is 5.75 Å². The normalized spacial score (nSPS) is 12.7. The highest BCUT2D eigenvalue weighted by Gasteiger charge is 2.10. The zero-order valence-electron chi connectivity index (χ0n) is 11.2. The number of ether oxygens (including phenoxy) is 2.